The maximum absolute atomic E-state index is 10.8. The Hall–Kier alpha value is -2.22. The van der Waals surface area contributed by atoms with E-state index in [1.165, 1.54) is 23.5 Å². The average molecular weight is 279 g/mol. The lowest BCUT2D eigenvalue weighted by molar-refractivity contribution is -0.384. The summed E-state index contributed by atoms with van der Waals surface area (Å²) >= 11 is 1.52. The first-order valence-corrected chi connectivity index (χ1v) is 6.48. The second-order valence-corrected chi connectivity index (χ2v) is 4.77. The lowest BCUT2D eigenvalue weighted by Crippen LogP contribution is -2.09. The van der Waals surface area contributed by atoms with Crippen LogP contribution in [0.2, 0.25) is 0 Å². The summed E-state index contributed by atoms with van der Waals surface area (Å²) in [6.07, 6.45) is 1.72. The molecule has 0 fully saturated rings. The fraction of sp³-hybridized carbons (Fsp3) is 0.273. The zero-order chi connectivity index (χ0) is 13.8. The van der Waals surface area contributed by atoms with E-state index in [0.717, 1.165) is 5.01 Å². The number of hydrogen-bond acceptors (Lipinski definition) is 7. The Morgan fingerprint density at radius 2 is 2.16 bits per heavy atom. The van der Waals surface area contributed by atoms with Crippen LogP contribution in [0.15, 0.2) is 23.7 Å². The van der Waals surface area contributed by atoms with Gasteiger partial charge in [0.25, 0.3) is 5.69 Å². The second kappa shape index (κ2) is 5.61. The van der Waals surface area contributed by atoms with Crippen molar-refractivity contribution in [2.45, 2.75) is 13.0 Å². The maximum Gasteiger partial charge on any atom is 0.276 e. The smallest absolute Gasteiger partial charge is 0.276 e. The molecule has 0 saturated carbocycles. The Morgan fingerprint density at radius 3 is 2.74 bits per heavy atom. The summed E-state index contributed by atoms with van der Waals surface area (Å²) < 4.78 is 0. The number of rotatable bonds is 5. The Balaban J connectivity index is 2.24. The van der Waals surface area contributed by atoms with Crippen LogP contribution in [0.5, 0.6) is 0 Å². The van der Waals surface area contributed by atoms with Crippen molar-refractivity contribution in [3.63, 3.8) is 0 Å². The van der Waals surface area contributed by atoms with E-state index >= 15 is 0 Å². The molecule has 19 heavy (non-hydrogen) atoms. The summed E-state index contributed by atoms with van der Waals surface area (Å²) in [5.74, 6) is 0.893. The van der Waals surface area contributed by atoms with Crippen molar-refractivity contribution < 1.29 is 4.92 Å². The fourth-order valence-electron chi connectivity index (χ4n) is 1.56. The first kappa shape index (κ1) is 13.2. The molecule has 0 radical (unpaired) electrons. The van der Waals surface area contributed by atoms with E-state index in [-0.39, 0.29) is 11.7 Å². The van der Waals surface area contributed by atoms with Gasteiger partial charge in [-0.3, -0.25) is 10.1 Å². The molecular weight excluding hydrogens is 266 g/mol. The number of hydrogen-bond donors (Lipinski definition) is 2. The summed E-state index contributed by atoms with van der Waals surface area (Å²) in [5.41, 5.74) is -0.00631. The van der Waals surface area contributed by atoms with Crippen molar-refractivity contribution in [1.82, 2.24) is 9.97 Å². The Labute approximate surface area is 113 Å². The molecular formula is C11H13N5O2S. The summed E-state index contributed by atoms with van der Waals surface area (Å²) in [6, 6.07) is 2.74. The minimum atomic E-state index is -0.443. The van der Waals surface area contributed by atoms with Gasteiger partial charge in [0, 0.05) is 18.6 Å². The predicted octanol–water partition coefficient (Wildman–Crippen LogP) is 2.66. The van der Waals surface area contributed by atoms with Gasteiger partial charge in [0.2, 0.25) is 0 Å². The van der Waals surface area contributed by atoms with Crippen molar-refractivity contribution in [2.75, 3.05) is 17.7 Å². The molecule has 100 valence electrons. The van der Waals surface area contributed by atoms with Gasteiger partial charge in [-0.25, -0.2) is 9.97 Å². The van der Waals surface area contributed by atoms with Crippen molar-refractivity contribution >= 4 is 28.7 Å². The van der Waals surface area contributed by atoms with Crippen LogP contribution in [0.1, 0.15) is 18.0 Å². The fourth-order valence-corrected chi connectivity index (χ4v) is 2.20. The molecule has 1 unspecified atom stereocenters. The highest BCUT2D eigenvalue weighted by atomic mass is 32.1. The molecule has 2 aromatic heterocycles. The van der Waals surface area contributed by atoms with Crippen LogP contribution in [0.25, 0.3) is 0 Å². The standard InChI is InChI=1S/C11H13N5O2S/c1-7(11-13-3-4-19-11)14-10-6-8(16(17)18)5-9(12-2)15-10/h3-7H,1-2H3,(H2,12,14,15). The second-order valence-electron chi connectivity index (χ2n) is 3.84. The van der Waals surface area contributed by atoms with Gasteiger partial charge in [-0.15, -0.1) is 11.3 Å². The Bertz CT molecular complexity index is 572. The summed E-state index contributed by atoms with van der Waals surface area (Å²) in [5, 5.41) is 19.5. The molecule has 0 aromatic carbocycles. The highest BCUT2D eigenvalue weighted by Crippen LogP contribution is 2.24. The number of aromatic nitrogens is 2. The molecule has 2 N–H and O–H groups in total. The highest BCUT2D eigenvalue weighted by molar-refractivity contribution is 7.09. The van der Waals surface area contributed by atoms with Gasteiger partial charge in [0.15, 0.2) is 0 Å². The molecule has 1 atom stereocenters. The van der Waals surface area contributed by atoms with Gasteiger partial charge in [-0.05, 0) is 6.92 Å². The van der Waals surface area contributed by atoms with Crippen LogP contribution in [-0.4, -0.2) is 21.9 Å². The molecule has 8 heteroatoms. The molecule has 0 saturated heterocycles. The average Bonchev–Trinajstić information content (AvgIpc) is 2.92. The minimum absolute atomic E-state index is 0.00631. The number of nitro groups is 1. The SMILES string of the molecule is CNc1cc([N+](=O)[O-])cc(NC(C)c2nccs2)n1. The predicted molar refractivity (Wildman–Crippen MR) is 74.6 cm³/mol. The first-order valence-electron chi connectivity index (χ1n) is 5.60. The quantitative estimate of drug-likeness (QED) is 0.645. The van der Waals surface area contributed by atoms with E-state index in [2.05, 4.69) is 20.6 Å². The van der Waals surface area contributed by atoms with Gasteiger partial charge >= 0.3 is 0 Å². The van der Waals surface area contributed by atoms with Gasteiger partial charge in [0.05, 0.1) is 23.1 Å². The number of nitrogens with zero attached hydrogens (tertiary/aromatic N) is 3. The van der Waals surface area contributed by atoms with Crippen LogP contribution in [0.4, 0.5) is 17.3 Å². The van der Waals surface area contributed by atoms with Crippen molar-refractivity contribution in [2.24, 2.45) is 0 Å². The lowest BCUT2D eigenvalue weighted by atomic mass is 10.3. The normalized spacial score (nSPS) is 11.9. The van der Waals surface area contributed by atoms with Crippen molar-refractivity contribution in [3.05, 3.63) is 38.8 Å². The molecule has 2 rings (SSSR count). The maximum atomic E-state index is 10.8. The molecule has 0 bridgehead atoms. The lowest BCUT2D eigenvalue weighted by Gasteiger charge is -2.12. The molecule has 0 spiro atoms. The largest absolute Gasteiger partial charge is 0.373 e. The third-order valence-corrected chi connectivity index (χ3v) is 3.42. The van der Waals surface area contributed by atoms with E-state index in [1.807, 2.05) is 12.3 Å². The Kier molecular flexibility index (Phi) is 3.91. The van der Waals surface area contributed by atoms with E-state index in [4.69, 9.17) is 0 Å². The summed E-state index contributed by atoms with van der Waals surface area (Å²) in [6.45, 7) is 1.93. The van der Waals surface area contributed by atoms with Crippen LogP contribution < -0.4 is 10.6 Å². The van der Waals surface area contributed by atoms with Gasteiger partial charge in [-0.2, -0.15) is 0 Å². The Morgan fingerprint density at radius 1 is 1.42 bits per heavy atom. The molecule has 2 heterocycles. The zero-order valence-corrected chi connectivity index (χ0v) is 11.3. The highest BCUT2D eigenvalue weighted by Gasteiger charge is 2.14. The molecule has 0 aliphatic heterocycles. The zero-order valence-electron chi connectivity index (χ0n) is 10.5. The monoisotopic (exact) mass is 279 g/mol. The third kappa shape index (κ3) is 3.16. The van der Waals surface area contributed by atoms with Gasteiger partial charge < -0.3 is 10.6 Å². The number of thiazole rings is 1. The molecule has 2 aromatic rings. The van der Waals surface area contributed by atoms with Crippen LogP contribution in [0, 0.1) is 10.1 Å². The van der Waals surface area contributed by atoms with E-state index < -0.39 is 4.92 Å². The van der Waals surface area contributed by atoms with Crippen LogP contribution in [0.3, 0.4) is 0 Å². The van der Waals surface area contributed by atoms with E-state index in [9.17, 15) is 10.1 Å². The topological polar surface area (TPSA) is 93.0 Å². The molecule has 7 nitrogen and oxygen atoms in total. The number of anilines is 2. The molecule has 0 aliphatic carbocycles. The van der Waals surface area contributed by atoms with Crippen molar-refractivity contribution in [3.8, 4) is 0 Å². The third-order valence-electron chi connectivity index (χ3n) is 2.46. The minimum Gasteiger partial charge on any atom is -0.373 e. The summed E-state index contributed by atoms with van der Waals surface area (Å²) in [4.78, 5) is 18.8. The van der Waals surface area contributed by atoms with Crippen LogP contribution >= 0.6 is 11.3 Å². The number of nitrogens with one attached hydrogen (secondary N) is 2. The van der Waals surface area contributed by atoms with Gasteiger partial charge in [0.1, 0.15) is 16.6 Å². The first-order chi connectivity index (χ1) is 9.10. The van der Waals surface area contributed by atoms with Crippen molar-refractivity contribution in [1.29, 1.82) is 0 Å². The van der Waals surface area contributed by atoms with E-state index in [0.29, 0.717) is 11.6 Å². The molecule has 0 amide bonds. The summed E-state index contributed by atoms with van der Waals surface area (Å²) in [7, 11) is 1.67. The molecule has 0 aliphatic rings. The van der Waals surface area contributed by atoms with Crippen LogP contribution in [-0.2, 0) is 0 Å². The number of pyridine rings is 1. The van der Waals surface area contributed by atoms with Gasteiger partial charge in [-0.1, -0.05) is 0 Å². The van der Waals surface area contributed by atoms with E-state index in [1.54, 1.807) is 13.2 Å².